The smallest absolute Gasteiger partial charge is 0.191 e. The molecule has 1 fully saturated rings. The molecule has 0 aliphatic carbocycles. The lowest BCUT2D eigenvalue weighted by Gasteiger charge is -2.34. The highest BCUT2D eigenvalue weighted by molar-refractivity contribution is 14.0. The molecule has 1 aliphatic rings. The summed E-state index contributed by atoms with van der Waals surface area (Å²) in [5.41, 5.74) is 2.67. The summed E-state index contributed by atoms with van der Waals surface area (Å²) in [4.78, 5) is 9.38. The predicted molar refractivity (Wildman–Crippen MR) is 123 cm³/mol. The van der Waals surface area contributed by atoms with Gasteiger partial charge in [0.05, 0.1) is 0 Å². The van der Waals surface area contributed by atoms with E-state index in [0.717, 1.165) is 25.6 Å². The fraction of sp³-hybridized carbons (Fsp3) is 0.650. The number of nitrogens with zero attached hydrogens (tertiary/aromatic N) is 3. The Morgan fingerprint density at radius 3 is 2.27 bits per heavy atom. The van der Waals surface area contributed by atoms with Crippen molar-refractivity contribution in [2.45, 2.75) is 26.7 Å². The second-order valence-electron chi connectivity index (χ2n) is 6.97. The zero-order valence-corrected chi connectivity index (χ0v) is 19.1. The van der Waals surface area contributed by atoms with Crippen LogP contribution < -0.4 is 10.6 Å². The molecule has 2 rings (SSSR count). The van der Waals surface area contributed by atoms with Crippen LogP contribution >= 0.6 is 24.0 Å². The minimum atomic E-state index is 0. The van der Waals surface area contributed by atoms with Crippen LogP contribution in [0.15, 0.2) is 29.3 Å². The van der Waals surface area contributed by atoms with Crippen molar-refractivity contribution >= 4 is 29.9 Å². The van der Waals surface area contributed by atoms with Crippen molar-refractivity contribution in [3.63, 3.8) is 0 Å². The zero-order chi connectivity index (χ0) is 18.1. The normalized spacial score (nSPS) is 17.5. The Morgan fingerprint density at radius 1 is 1.08 bits per heavy atom. The number of piperazine rings is 1. The maximum atomic E-state index is 4.34. The summed E-state index contributed by atoms with van der Waals surface area (Å²) in [6.45, 7) is 15.4. The van der Waals surface area contributed by atoms with E-state index in [2.05, 4.69) is 70.5 Å². The first-order valence-electron chi connectivity index (χ1n) is 9.58. The molecule has 0 spiro atoms. The van der Waals surface area contributed by atoms with Gasteiger partial charge >= 0.3 is 0 Å². The van der Waals surface area contributed by atoms with Crippen LogP contribution in [0.1, 0.15) is 30.9 Å². The molecule has 1 aromatic rings. The summed E-state index contributed by atoms with van der Waals surface area (Å²) < 4.78 is 0. The number of halogens is 1. The highest BCUT2D eigenvalue weighted by Gasteiger charge is 2.14. The molecule has 0 amide bonds. The topological polar surface area (TPSA) is 42.9 Å². The van der Waals surface area contributed by atoms with E-state index in [1.54, 1.807) is 0 Å². The van der Waals surface area contributed by atoms with Gasteiger partial charge in [-0.25, -0.2) is 0 Å². The third-order valence-corrected chi connectivity index (χ3v) is 5.08. The Hall–Kier alpha value is -0.860. The molecule has 0 radical (unpaired) electrons. The van der Waals surface area contributed by atoms with Gasteiger partial charge in [0.15, 0.2) is 5.96 Å². The van der Waals surface area contributed by atoms with Gasteiger partial charge in [-0.1, -0.05) is 43.7 Å². The Kier molecular flexibility index (Phi) is 11.2. The monoisotopic (exact) mass is 473 g/mol. The lowest BCUT2D eigenvalue weighted by atomic mass is 10.0. The van der Waals surface area contributed by atoms with Crippen LogP contribution in [0.3, 0.4) is 0 Å². The summed E-state index contributed by atoms with van der Waals surface area (Å²) in [5, 5.41) is 6.89. The van der Waals surface area contributed by atoms with Crippen molar-refractivity contribution in [3.05, 3.63) is 35.4 Å². The molecule has 1 atom stereocenters. The first kappa shape index (κ1) is 23.2. The minimum absolute atomic E-state index is 0. The Balaban J connectivity index is 0.00000338. The number of guanidine groups is 1. The number of likely N-dealkylation sites (N-methyl/N-ethyl adjacent to an activating group) is 1. The second-order valence-corrected chi connectivity index (χ2v) is 6.97. The first-order valence-corrected chi connectivity index (χ1v) is 9.58. The molecule has 1 aliphatic heterocycles. The van der Waals surface area contributed by atoms with Gasteiger partial charge in [0, 0.05) is 52.9 Å². The number of aliphatic imine (C=N–C) groups is 1. The van der Waals surface area contributed by atoms with Gasteiger partial charge in [0.25, 0.3) is 0 Å². The van der Waals surface area contributed by atoms with Crippen molar-refractivity contribution < 1.29 is 0 Å². The van der Waals surface area contributed by atoms with Gasteiger partial charge in [-0.05, 0) is 24.9 Å². The van der Waals surface area contributed by atoms with Gasteiger partial charge in [-0.15, -0.1) is 24.0 Å². The van der Waals surface area contributed by atoms with Crippen LogP contribution in [-0.2, 0) is 0 Å². The fourth-order valence-corrected chi connectivity index (χ4v) is 3.14. The average Bonchev–Trinajstić information content (AvgIpc) is 2.65. The largest absolute Gasteiger partial charge is 0.356 e. The molecule has 0 saturated carbocycles. The van der Waals surface area contributed by atoms with Crippen LogP contribution in [0.5, 0.6) is 0 Å². The standard InChI is InChI=1S/C20H35N5.HI/c1-5-24-12-14-25(15-13-24)11-10-22-20(21-4)23-16-18(3)19-8-6-17(2)7-9-19;/h6-9,18H,5,10-16H2,1-4H3,(H2,21,22,23);1H. The van der Waals surface area contributed by atoms with E-state index >= 15 is 0 Å². The molecule has 0 bridgehead atoms. The third kappa shape index (κ3) is 7.80. The molecule has 6 heteroatoms. The number of benzene rings is 1. The Bertz CT molecular complexity index is 524. The molecule has 1 heterocycles. The summed E-state index contributed by atoms with van der Waals surface area (Å²) >= 11 is 0. The molecule has 26 heavy (non-hydrogen) atoms. The van der Waals surface area contributed by atoms with Crippen molar-refractivity contribution in [1.29, 1.82) is 0 Å². The predicted octanol–water partition coefficient (Wildman–Crippen LogP) is 2.52. The molecule has 5 nitrogen and oxygen atoms in total. The van der Waals surface area contributed by atoms with Crippen molar-refractivity contribution in [1.82, 2.24) is 20.4 Å². The molecule has 1 aromatic carbocycles. The van der Waals surface area contributed by atoms with E-state index in [1.807, 2.05) is 7.05 Å². The van der Waals surface area contributed by atoms with E-state index in [4.69, 9.17) is 0 Å². The summed E-state index contributed by atoms with van der Waals surface area (Å²) in [7, 11) is 1.84. The van der Waals surface area contributed by atoms with E-state index in [0.29, 0.717) is 5.92 Å². The summed E-state index contributed by atoms with van der Waals surface area (Å²) in [5.74, 6) is 1.35. The molecule has 1 unspecified atom stereocenters. The maximum absolute atomic E-state index is 4.34. The SMILES string of the molecule is CCN1CCN(CCNC(=NC)NCC(C)c2ccc(C)cc2)CC1.I. The van der Waals surface area contributed by atoms with E-state index in [-0.39, 0.29) is 24.0 Å². The Labute approximate surface area is 176 Å². The van der Waals surface area contributed by atoms with Gasteiger partial charge in [0.1, 0.15) is 0 Å². The van der Waals surface area contributed by atoms with Crippen molar-refractivity contribution in [3.8, 4) is 0 Å². The lowest BCUT2D eigenvalue weighted by molar-refractivity contribution is 0.139. The highest BCUT2D eigenvalue weighted by Crippen LogP contribution is 2.14. The van der Waals surface area contributed by atoms with Gasteiger partial charge in [-0.2, -0.15) is 0 Å². The summed E-state index contributed by atoms with van der Waals surface area (Å²) in [6, 6.07) is 8.79. The van der Waals surface area contributed by atoms with Crippen LogP contribution in [-0.4, -0.2) is 75.2 Å². The second kappa shape index (κ2) is 12.5. The van der Waals surface area contributed by atoms with Crippen molar-refractivity contribution in [2.24, 2.45) is 4.99 Å². The van der Waals surface area contributed by atoms with Crippen molar-refractivity contribution in [2.75, 3.05) is 59.4 Å². The molecule has 148 valence electrons. The maximum Gasteiger partial charge on any atom is 0.191 e. The third-order valence-electron chi connectivity index (χ3n) is 5.08. The summed E-state index contributed by atoms with van der Waals surface area (Å²) in [6.07, 6.45) is 0. The van der Waals surface area contributed by atoms with E-state index < -0.39 is 0 Å². The van der Waals surface area contributed by atoms with Crippen LogP contribution in [0.2, 0.25) is 0 Å². The van der Waals surface area contributed by atoms with E-state index in [9.17, 15) is 0 Å². The highest BCUT2D eigenvalue weighted by atomic mass is 127. The molecular weight excluding hydrogens is 437 g/mol. The number of hydrogen-bond acceptors (Lipinski definition) is 3. The van der Waals surface area contributed by atoms with Gasteiger partial charge in [0.2, 0.25) is 0 Å². The Morgan fingerprint density at radius 2 is 1.69 bits per heavy atom. The quantitative estimate of drug-likeness (QED) is 0.363. The molecule has 2 N–H and O–H groups in total. The minimum Gasteiger partial charge on any atom is -0.356 e. The van der Waals surface area contributed by atoms with Gasteiger partial charge in [-0.3, -0.25) is 9.89 Å². The zero-order valence-electron chi connectivity index (χ0n) is 16.8. The van der Waals surface area contributed by atoms with Crippen LogP contribution in [0.4, 0.5) is 0 Å². The number of aryl methyl sites for hydroxylation is 1. The van der Waals surface area contributed by atoms with Gasteiger partial charge < -0.3 is 15.5 Å². The van der Waals surface area contributed by atoms with Crippen LogP contribution in [0, 0.1) is 6.92 Å². The number of nitrogens with one attached hydrogen (secondary N) is 2. The molecule has 1 saturated heterocycles. The molecular formula is C20H36IN5. The lowest BCUT2D eigenvalue weighted by Crippen LogP contribution is -2.49. The van der Waals surface area contributed by atoms with E-state index in [1.165, 1.54) is 43.9 Å². The average molecular weight is 473 g/mol. The van der Waals surface area contributed by atoms with Crippen LogP contribution in [0.25, 0.3) is 0 Å². The number of hydrogen-bond donors (Lipinski definition) is 2. The first-order chi connectivity index (χ1) is 12.1. The fourth-order valence-electron chi connectivity index (χ4n) is 3.14. The number of rotatable bonds is 7. The molecule has 0 aromatic heterocycles.